The SMILES string of the molecule is O=C(Nc1ccc([N+](=O)[O-])c(C(F)(F)F)c1)[C@@H](O)Cn1cc(F)cn1. The molecule has 12 heteroatoms. The van der Waals surface area contributed by atoms with Gasteiger partial charge >= 0.3 is 6.18 Å². The third-order valence-corrected chi connectivity index (χ3v) is 3.03. The molecule has 1 aromatic heterocycles. The molecule has 1 amide bonds. The zero-order chi connectivity index (χ0) is 18.8. The lowest BCUT2D eigenvalue weighted by molar-refractivity contribution is -0.388. The van der Waals surface area contributed by atoms with Gasteiger partial charge in [0.1, 0.15) is 5.56 Å². The van der Waals surface area contributed by atoms with Crippen LogP contribution in [0.1, 0.15) is 5.56 Å². The van der Waals surface area contributed by atoms with Crippen LogP contribution in [-0.2, 0) is 17.5 Å². The molecule has 1 aromatic carbocycles. The lowest BCUT2D eigenvalue weighted by Gasteiger charge is -2.13. The van der Waals surface area contributed by atoms with Gasteiger partial charge < -0.3 is 10.4 Å². The van der Waals surface area contributed by atoms with Gasteiger partial charge in [0.05, 0.1) is 23.9 Å². The Hall–Kier alpha value is -3.02. The molecule has 0 fully saturated rings. The number of nitrogens with one attached hydrogen (secondary N) is 1. The Balaban J connectivity index is 2.16. The van der Waals surface area contributed by atoms with Gasteiger partial charge in [-0.15, -0.1) is 0 Å². The number of carbonyl (C=O) groups is 1. The van der Waals surface area contributed by atoms with Crippen LogP contribution in [0, 0.1) is 15.9 Å². The number of aliphatic hydroxyl groups excluding tert-OH is 1. The number of rotatable bonds is 5. The summed E-state index contributed by atoms with van der Waals surface area (Å²) in [6, 6.07) is 1.87. The van der Waals surface area contributed by atoms with Gasteiger partial charge in [-0.05, 0) is 12.1 Å². The number of aliphatic hydroxyl groups is 1. The van der Waals surface area contributed by atoms with Crippen LogP contribution in [0.2, 0.25) is 0 Å². The minimum absolute atomic E-state index is 0.385. The fraction of sp³-hybridized carbons (Fsp3) is 0.231. The first-order valence-electron chi connectivity index (χ1n) is 6.60. The Morgan fingerprint density at radius 2 is 2.12 bits per heavy atom. The van der Waals surface area contributed by atoms with Gasteiger partial charge in [-0.2, -0.15) is 18.3 Å². The van der Waals surface area contributed by atoms with Gasteiger partial charge in [-0.3, -0.25) is 19.6 Å². The highest BCUT2D eigenvalue weighted by atomic mass is 19.4. The van der Waals surface area contributed by atoms with Crippen LogP contribution in [0.15, 0.2) is 30.6 Å². The minimum Gasteiger partial charge on any atom is -0.381 e. The Bertz CT molecular complexity index is 806. The number of carbonyl (C=O) groups excluding carboxylic acids is 1. The number of nitro benzene ring substituents is 1. The number of aromatic nitrogens is 2. The molecule has 0 radical (unpaired) electrons. The smallest absolute Gasteiger partial charge is 0.381 e. The van der Waals surface area contributed by atoms with E-state index in [9.17, 15) is 37.6 Å². The van der Waals surface area contributed by atoms with Crippen LogP contribution < -0.4 is 5.32 Å². The lowest BCUT2D eigenvalue weighted by Crippen LogP contribution is -2.31. The van der Waals surface area contributed by atoms with Gasteiger partial charge in [0.25, 0.3) is 11.6 Å². The number of anilines is 1. The molecular formula is C13H10F4N4O4. The van der Waals surface area contributed by atoms with Crippen molar-refractivity contribution in [3.05, 3.63) is 52.1 Å². The molecule has 134 valence electrons. The molecular weight excluding hydrogens is 352 g/mol. The number of hydrogen-bond acceptors (Lipinski definition) is 5. The van der Waals surface area contributed by atoms with E-state index in [-0.39, 0.29) is 0 Å². The fourth-order valence-corrected chi connectivity index (χ4v) is 1.92. The Kier molecular flexibility index (Phi) is 5.02. The highest BCUT2D eigenvalue weighted by molar-refractivity contribution is 5.94. The average molecular weight is 362 g/mol. The van der Waals surface area contributed by atoms with Gasteiger partial charge in [0.15, 0.2) is 11.9 Å². The van der Waals surface area contributed by atoms with E-state index >= 15 is 0 Å². The standard InChI is InChI=1S/C13H10F4N4O4/c14-7-4-18-20(5-7)6-11(22)12(23)19-8-1-2-10(21(24)25)9(3-8)13(15,16)17/h1-5,11,22H,6H2,(H,19,23)/t11-/m0/s1. The summed E-state index contributed by atoms with van der Waals surface area (Å²) in [6.07, 6.45) is -4.99. The van der Waals surface area contributed by atoms with Gasteiger partial charge in [-0.25, -0.2) is 4.39 Å². The maximum Gasteiger partial charge on any atom is 0.423 e. The maximum atomic E-state index is 12.9. The molecule has 2 aromatic rings. The molecule has 0 aliphatic heterocycles. The molecule has 8 nitrogen and oxygen atoms in total. The molecule has 1 heterocycles. The summed E-state index contributed by atoms with van der Waals surface area (Å²) in [5, 5.41) is 25.8. The van der Waals surface area contributed by atoms with Gasteiger partial charge in [0, 0.05) is 11.8 Å². The van der Waals surface area contributed by atoms with Gasteiger partial charge in [0.2, 0.25) is 0 Å². The van der Waals surface area contributed by atoms with E-state index in [4.69, 9.17) is 0 Å². The second kappa shape index (κ2) is 6.84. The molecule has 2 N–H and O–H groups in total. The number of nitrogens with zero attached hydrogens (tertiary/aromatic N) is 3. The molecule has 0 bridgehead atoms. The number of halogens is 4. The molecule has 1 atom stereocenters. The summed E-state index contributed by atoms with van der Waals surface area (Å²) < 4.78 is 52.3. The summed E-state index contributed by atoms with van der Waals surface area (Å²) in [5.41, 5.74) is -3.11. The van der Waals surface area contributed by atoms with Crippen LogP contribution in [-0.4, -0.2) is 31.8 Å². The van der Waals surface area contributed by atoms with Gasteiger partial charge in [-0.1, -0.05) is 0 Å². The highest BCUT2D eigenvalue weighted by Crippen LogP contribution is 2.37. The summed E-state index contributed by atoms with van der Waals surface area (Å²) in [5.74, 6) is -1.78. The van der Waals surface area contributed by atoms with Crippen LogP contribution in [0.3, 0.4) is 0 Å². The first-order valence-corrected chi connectivity index (χ1v) is 6.60. The first-order chi connectivity index (χ1) is 11.6. The number of alkyl halides is 3. The van der Waals surface area contributed by atoms with Crippen molar-refractivity contribution >= 4 is 17.3 Å². The van der Waals surface area contributed by atoms with Crippen LogP contribution >= 0.6 is 0 Å². The van der Waals surface area contributed by atoms with Crippen molar-refractivity contribution in [1.29, 1.82) is 0 Å². The zero-order valence-electron chi connectivity index (χ0n) is 12.2. The quantitative estimate of drug-likeness (QED) is 0.480. The second-order valence-corrected chi connectivity index (χ2v) is 4.87. The van der Waals surface area contributed by atoms with Crippen LogP contribution in [0.25, 0.3) is 0 Å². The van der Waals surface area contributed by atoms with Crippen molar-refractivity contribution in [2.45, 2.75) is 18.8 Å². The predicted octanol–water partition coefficient (Wildman–Crippen LogP) is 1.95. The van der Waals surface area contributed by atoms with E-state index in [2.05, 4.69) is 5.10 Å². The molecule has 0 unspecified atom stereocenters. The topological polar surface area (TPSA) is 110 Å². The highest BCUT2D eigenvalue weighted by Gasteiger charge is 2.38. The summed E-state index contributed by atoms with van der Waals surface area (Å²) in [6.45, 7) is -0.436. The number of amides is 1. The Morgan fingerprint density at radius 1 is 1.44 bits per heavy atom. The Labute approximate surface area is 136 Å². The first kappa shape index (κ1) is 18.3. The minimum atomic E-state index is -5.01. The van der Waals surface area contributed by atoms with Crippen molar-refractivity contribution in [1.82, 2.24) is 9.78 Å². The number of hydrogen-bond donors (Lipinski definition) is 2. The van der Waals surface area contributed by atoms with E-state index in [0.717, 1.165) is 23.1 Å². The van der Waals surface area contributed by atoms with Crippen molar-refractivity contribution in [3.63, 3.8) is 0 Å². The van der Waals surface area contributed by atoms with E-state index < -0.39 is 52.4 Å². The number of nitro groups is 1. The molecule has 0 saturated heterocycles. The van der Waals surface area contributed by atoms with E-state index in [1.165, 1.54) is 0 Å². The summed E-state index contributed by atoms with van der Waals surface area (Å²) in [7, 11) is 0. The zero-order valence-corrected chi connectivity index (χ0v) is 12.2. The maximum absolute atomic E-state index is 12.9. The molecule has 0 saturated carbocycles. The normalized spacial score (nSPS) is 12.7. The van der Waals surface area contributed by atoms with Crippen molar-refractivity contribution in [2.75, 3.05) is 5.32 Å². The fourth-order valence-electron chi connectivity index (χ4n) is 1.92. The van der Waals surface area contributed by atoms with Crippen molar-refractivity contribution in [2.24, 2.45) is 0 Å². The average Bonchev–Trinajstić information content (AvgIpc) is 2.91. The molecule has 0 aliphatic carbocycles. The largest absolute Gasteiger partial charge is 0.423 e. The van der Waals surface area contributed by atoms with E-state index in [0.29, 0.717) is 12.1 Å². The van der Waals surface area contributed by atoms with E-state index in [1.54, 1.807) is 0 Å². The molecule has 0 aliphatic rings. The second-order valence-electron chi connectivity index (χ2n) is 4.87. The molecule has 2 rings (SSSR count). The predicted molar refractivity (Wildman–Crippen MR) is 74.9 cm³/mol. The summed E-state index contributed by atoms with van der Waals surface area (Å²) in [4.78, 5) is 21.2. The van der Waals surface area contributed by atoms with E-state index in [1.807, 2.05) is 5.32 Å². The van der Waals surface area contributed by atoms with Crippen molar-refractivity contribution < 1.29 is 32.4 Å². The van der Waals surface area contributed by atoms with Crippen molar-refractivity contribution in [3.8, 4) is 0 Å². The third-order valence-electron chi connectivity index (χ3n) is 3.03. The molecule has 0 spiro atoms. The molecule has 25 heavy (non-hydrogen) atoms. The lowest BCUT2D eigenvalue weighted by atomic mass is 10.1. The summed E-state index contributed by atoms with van der Waals surface area (Å²) >= 11 is 0. The third kappa shape index (κ3) is 4.50. The van der Waals surface area contributed by atoms with Crippen LogP contribution in [0.4, 0.5) is 28.9 Å². The number of benzene rings is 1. The van der Waals surface area contributed by atoms with Crippen LogP contribution in [0.5, 0.6) is 0 Å². The monoisotopic (exact) mass is 362 g/mol. The Morgan fingerprint density at radius 3 is 2.64 bits per heavy atom.